The van der Waals surface area contributed by atoms with Crippen LogP contribution in [0.5, 0.6) is 11.5 Å². The molecule has 4 rings (SSSR count). The molecule has 1 aliphatic rings. The van der Waals surface area contributed by atoms with E-state index in [2.05, 4.69) is 0 Å². The van der Waals surface area contributed by atoms with Crippen molar-refractivity contribution >= 4 is 28.8 Å². The number of amides is 2. The van der Waals surface area contributed by atoms with Crippen molar-refractivity contribution in [2.45, 2.75) is 6.92 Å². The summed E-state index contributed by atoms with van der Waals surface area (Å²) in [6.07, 6.45) is 0. The van der Waals surface area contributed by atoms with Crippen molar-refractivity contribution in [3.05, 3.63) is 90.1 Å². The van der Waals surface area contributed by atoms with Gasteiger partial charge in [-0.15, -0.1) is 0 Å². The van der Waals surface area contributed by atoms with Gasteiger partial charge in [0, 0.05) is 18.8 Å². The molecule has 6 nitrogen and oxygen atoms in total. The molecular formula is C26H24N2O4. The molecule has 0 saturated heterocycles. The van der Waals surface area contributed by atoms with Crippen molar-refractivity contribution in [3.8, 4) is 11.5 Å². The Morgan fingerprint density at radius 2 is 1.56 bits per heavy atom. The molecule has 0 aliphatic carbocycles. The molecular weight excluding hydrogens is 404 g/mol. The van der Waals surface area contributed by atoms with Crippen LogP contribution in [0.2, 0.25) is 0 Å². The maximum atomic E-state index is 13.6. The number of anilines is 2. The van der Waals surface area contributed by atoms with Crippen molar-refractivity contribution in [3.63, 3.8) is 0 Å². The second-order valence-corrected chi connectivity index (χ2v) is 7.22. The largest absolute Gasteiger partial charge is 0.497 e. The highest BCUT2D eigenvalue weighted by Gasteiger charge is 2.42. The topological polar surface area (TPSA) is 59.1 Å². The molecule has 0 aromatic heterocycles. The van der Waals surface area contributed by atoms with E-state index in [0.717, 1.165) is 5.69 Å². The van der Waals surface area contributed by atoms with Gasteiger partial charge in [0.05, 0.1) is 25.0 Å². The first-order valence-electron chi connectivity index (χ1n) is 10.3. The van der Waals surface area contributed by atoms with Gasteiger partial charge >= 0.3 is 0 Å². The van der Waals surface area contributed by atoms with Gasteiger partial charge in [0.15, 0.2) is 0 Å². The van der Waals surface area contributed by atoms with Gasteiger partial charge in [-0.3, -0.25) is 9.59 Å². The van der Waals surface area contributed by atoms with Gasteiger partial charge in [-0.1, -0.05) is 36.4 Å². The molecule has 0 bridgehead atoms. The predicted molar refractivity (Wildman–Crippen MR) is 125 cm³/mol. The lowest BCUT2D eigenvalue weighted by atomic mass is 10.0. The molecule has 1 heterocycles. The molecule has 2 amide bonds. The van der Waals surface area contributed by atoms with Gasteiger partial charge in [0.25, 0.3) is 11.8 Å². The molecule has 0 N–H and O–H groups in total. The Hall–Kier alpha value is -4.06. The number of carbonyl (C=O) groups excluding carboxylic acids is 2. The number of benzene rings is 3. The van der Waals surface area contributed by atoms with Crippen molar-refractivity contribution in [2.24, 2.45) is 0 Å². The number of methoxy groups -OCH3 is 1. The van der Waals surface area contributed by atoms with Gasteiger partial charge in [-0.2, -0.15) is 0 Å². The van der Waals surface area contributed by atoms with Crippen LogP contribution in [0.3, 0.4) is 0 Å². The summed E-state index contributed by atoms with van der Waals surface area (Å²) in [5, 5.41) is 0. The van der Waals surface area contributed by atoms with Crippen LogP contribution in [0.25, 0.3) is 5.57 Å². The van der Waals surface area contributed by atoms with Crippen LogP contribution in [0, 0.1) is 0 Å². The monoisotopic (exact) mass is 428 g/mol. The van der Waals surface area contributed by atoms with E-state index >= 15 is 0 Å². The summed E-state index contributed by atoms with van der Waals surface area (Å²) in [7, 11) is 3.34. The number of para-hydroxylation sites is 1. The van der Waals surface area contributed by atoms with Crippen LogP contribution >= 0.6 is 0 Å². The van der Waals surface area contributed by atoms with Crippen LogP contribution < -0.4 is 19.3 Å². The van der Waals surface area contributed by atoms with E-state index in [9.17, 15) is 9.59 Å². The average Bonchev–Trinajstić information content (AvgIpc) is 3.09. The first kappa shape index (κ1) is 21.2. The molecule has 1 aliphatic heterocycles. The van der Waals surface area contributed by atoms with E-state index in [1.54, 1.807) is 67.6 Å². The van der Waals surface area contributed by atoms with Gasteiger partial charge in [0.1, 0.15) is 17.2 Å². The lowest BCUT2D eigenvalue weighted by molar-refractivity contribution is -0.120. The summed E-state index contributed by atoms with van der Waals surface area (Å²) in [6, 6.07) is 23.6. The average molecular weight is 428 g/mol. The summed E-state index contributed by atoms with van der Waals surface area (Å²) in [5.74, 6) is 0.496. The van der Waals surface area contributed by atoms with Gasteiger partial charge < -0.3 is 14.4 Å². The number of carbonyl (C=O) groups is 2. The number of ether oxygens (including phenoxy) is 2. The fourth-order valence-corrected chi connectivity index (χ4v) is 3.74. The van der Waals surface area contributed by atoms with Crippen molar-refractivity contribution < 1.29 is 19.1 Å². The minimum absolute atomic E-state index is 0.313. The summed E-state index contributed by atoms with van der Waals surface area (Å²) < 4.78 is 10.8. The zero-order valence-electron chi connectivity index (χ0n) is 18.2. The Morgan fingerprint density at radius 1 is 0.844 bits per heavy atom. The van der Waals surface area contributed by atoms with Crippen LogP contribution in [0.1, 0.15) is 12.5 Å². The van der Waals surface area contributed by atoms with Crippen molar-refractivity contribution in [2.75, 3.05) is 30.6 Å². The molecule has 0 fully saturated rings. The van der Waals surface area contributed by atoms with E-state index < -0.39 is 5.91 Å². The third kappa shape index (κ3) is 3.83. The number of imide groups is 1. The molecule has 3 aromatic carbocycles. The third-order valence-corrected chi connectivity index (χ3v) is 5.30. The van der Waals surface area contributed by atoms with E-state index in [4.69, 9.17) is 9.47 Å². The Labute approximate surface area is 187 Å². The van der Waals surface area contributed by atoms with Crippen LogP contribution in [-0.2, 0) is 9.59 Å². The van der Waals surface area contributed by atoms with E-state index in [1.807, 2.05) is 37.3 Å². The zero-order valence-corrected chi connectivity index (χ0v) is 18.2. The Bertz CT molecular complexity index is 1170. The molecule has 0 unspecified atom stereocenters. The summed E-state index contributed by atoms with van der Waals surface area (Å²) in [6.45, 7) is 2.46. The quantitative estimate of drug-likeness (QED) is 0.518. The van der Waals surface area contributed by atoms with Gasteiger partial charge in [0.2, 0.25) is 0 Å². The lowest BCUT2D eigenvalue weighted by Gasteiger charge is -2.21. The van der Waals surface area contributed by atoms with Crippen LogP contribution in [0.15, 0.2) is 84.6 Å². The second kappa shape index (κ2) is 8.98. The van der Waals surface area contributed by atoms with Gasteiger partial charge in [-0.05, 0) is 48.9 Å². The molecule has 6 heteroatoms. The van der Waals surface area contributed by atoms with E-state index in [0.29, 0.717) is 40.6 Å². The highest BCUT2D eigenvalue weighted by molar-refractivity contribution is 6.46. The lowest BCUT2D eigenvalue weighted by Crippen LogP contribution is -2.34. The highest BCUT2D eigenvalue weighted by atomic mass is 16.5. The van der Waals surface area contributed by atoms with Crippen molar-refractivity contribution in [1.82, 2.24) is 0 Å². The molecule has 32 heavy (non-hydrogen) atoms. The normalized spacial score (nSPS) is 13.5. The first-order chi connectivity index (χ1) is 15.5. The number of likely N-dealkylation sites (N-methyl/N-ethyl adjacent to an activating group) is 1. The molecule has 0 saturated carbocycles. The standard InChI is InChI=1S/C26H24N2O4/c1-4-32-21-15-13-18(14-16-21)23-24(27(2)19-9-6-5-7-10-19)26(30)28(25(23)29)20-11-8-12-22(17-20)31-3/h5-17H,4H2,1-3H3. The van der Waals surface area contributed by atoms with Crippen LogP contribution in [-0.4, -0.2) is 32.6 Å². The van der Waals surface area contributed by atoms with Crippen molar-refractivity contribution in [1.29, 1.82) is 0 Å². The zero-order chi connectivity index (χ0) is 22.7. The second-order valence-electron chi connectivity index (χ2n) is 7.22. The minimum Gasteiger partial charge on any atom is -0.497 e. The highest BCUT2D eigenvalue weighted by Crippen LogP contribution is 2.37. The number of rotatable bonds is 7. The molecule has 3 aromatic rings. The molecule has 0 atom stereocenters. The first-order valence-corrected chi connectivity index (χ1v) is 10.3. The summed E-state index contributed by atoms with van der Waals surface area (Å²) >= 11 is 0. The number of hydrogen-bond donors (Lipinski definition) is 0. The Kier molecular flexibility index (Phi) is 5.94. The molecule has 162 valence electrons. The molecule has 0 spiro atoms. The van der Waals surface area contributed by atoms with Gasteiger partial charge in [-0.25, -0.2) is 4.90 Å². The number of nitrogens with zero attached hydrogens (tertiary/aromatic N) is 2. The fraction of sp³-hybridized carbons (Fsp3) is 0.154. The molecule has 0 radical (unpaired) electrons. The van der Waals surface area contributed by atoms with E-state index in [1.165, 1.54) is 4.90 Å². The Morgan fingerprint density at radius 3 is 2.22 bits per heavy atom. The maximum absolute atomic E-state index is 13.6. The minimum atomic E-state index is -0.390. The number of hydrogen-bond acceptors (Lipinski definition) is 5. The third-order valence-electron chi connectivity index (χ3n) is 5.30. The summed E-state index contributed by atoms with van der Waals surface area (Å²) in [4.78, 5) is 30.2. The van der Waals surface area contributed by atoms with Crippen LogP contribution in [0.4, 0.5) is 11.4 Å². The Balaban J connectivity index is 1.84. The predicted octanol–water partition coefficient (Wildman–Crippen LogP) is 4.51. The summed E-state index contributed by atoms with van der Waals surface area (Å²) in [5.41, 5.74) is 2.56. The SMILES string of the molecule is CCOc1ccc(C2=C(N(C)c3ccccc3)C(=O)N(c3cccc(OC)c3)C2=O)cc1. The maximum Gasteiger partial charge on any atom is 0.282 e. The fourth-order valence-electron chi connectivity index (χ4n) is 3.74. The van der Waals surface area contributed by atoms with E-state index in [-0.39, 0.29) is 5.91 Å². The smallest absolute Gasteiger partial charge is 0.282 e.